The van der Waals surface area contributed by atoms with Gasteiger partial charge in [-0.05, 0) is 86.6 Å². The molecule has 1 aromatic rings. The number of hydrogen-bond donors (Lipinski definition) is 1. The minimum atomic E-state index is 0.533. The zero-order valence-electron chi connectivity index (χ0n) is 13.4. The molecule has 2 saturated carbocycles. The highest BCUT2D eigenvalue weighted by atomic mass is 79.9. The van der Waals surface area contributed by atoms with Gasteiger partial charge in [-0.15, -0.1) is 0 Å². The second-order valence-corrected chi connectivity index (χ2v) is 8.15. The predicted molar refractivity (Wildman–Crippen MR) is 93.5 cm³/mol. The van der Waals surface area contributed by atoms with Crippen LogP contribution >= 0.6 is 15.9 Å². The molecule has 2 aliphatic rings. The quantitative estimate of drug-likeness (QED) is 0.702. The number of fused-ring (bicyclic) bond motifs is 2. The maximum absolute atomic E-state index is 3.81. The Hall–Kier alpha value is -0.340. The lowest BCUT2D eigenvalue weighted by atomic mass is 9.82. The van der Waals surface area contributed by atoms with Crippen molar-refractivity contribution in [3.8, 4) is 0 Å². The Morgan fingerprint density at radius 1 is 1.24 bits per heavy atom. The minimum absolute atomic E-state index is 0.533. The van der Waals surface area contributed by atoms with Gasteiger partial charge >= 0.3 is 0 Å². The van der Waals surface area contributed by atoms with Crippen molar-refractivity contribution in [2.75, 3.05) is 6.54 Å². The van der Waals surface area contributed by atoms with Crippen molar-refractivity contribution in [1.82, 2.24) is 5.32 Å². The van der Waals surface area contributed by atoms with Gasteiger partial charge in [-0.1, -0.05) is 35.3 Å². The van der Waals surface area contributed by atoms with E-state index >= 15 is 0 Å². The Kier molecular flexibility index (Phi) is 5.06. The lowest BCUT2D eigenvalue weighted by molar-refractivity contribution is 0.279. The first-order valence-corrected chi connectivity index (χ1v) is 9.45. The lowest BCUT2D eigenvalue weighted by Crippen LogP contribution is -2.26. The Labute approximate surface area is 138 Å². The Morgan fingerprint density at radius 3 is 2.71 bits per heavy atom. The van der Waals surface area contributed by atoms with Gasteiger partial charge in [-0.3, -0.25) is 0 Å². The van der Waals surface area contributed by atoms with Crippen molar-refractivity contribution in [2.24, 2.45) is 17.8 Å². The summed E-state index contributed by atoms with van der Waals surface area (Å²) in [7, 11) is 0. The van der Waals surface area contributed by atoms with E-state index in [2.05, 4.69) is 53.3 Å². The summed E-state index contributed by atoms with van der Waals surface area (Å²) in [4.78, 5) is 0. The third-order valence-corrected chi connectivity index (χ3v) is 5.99. The minimum Gasteiger partial charge on any atom is -0.310 e. The van der Waals surface area contributed by atoms with Crippen LogP contribution < -0.4 is 5.32 Å². The fourth-order valence-electron chi connectivity index (χ4n) is 4.59. The average Bonchev–Trinajstić information content (AvgIpc) is 3.04. The van der Waals surface area contributed by atoms with Gasteiger partial charge in [-0.25, -0.2) is 0 Å². The smallest absolute Gasteiger partial charge is 0.0323 e. The molecule has 2 heteroatoms. The van der Waals surface area contributed by atoms with Crippen LogP contribution in [-0.2, 0) is 0 Å². The van der Waals surface area contributed by atoms with Gasteiger partial charge in [0.05, 0.1) is 0 Å². The van der Waals surface area contributed by atoms with E-state index in [1.807, 2.05) is 0 Å². The van der Waals surface area contributed by atoms with Crippen LogP contribution in [0.2, 0.25) is 0 Å². The average molecular weight is 350 g/mol. The van der Waals surface area contributed by atoms with Gasteiger partial charge in [0.1, 0.15) is 0 Å². The summed E-state index contributed by atoms with van der Waals surface area (Å²) in [5.41, 5.74) is 2.83. The van der Waals surface area contributed by atoms with Gasteiger partial charge in [0, 0.05) is 10.5 Å². The van der Waals surface area contributed by atoms with Crippen molar-refractivity contribution in [3.05, 3.63) is 33.8 Å². The summed E-state index contributed by atoms with van der Waals surface area (Å²) in [6.45, 7) is 5.58. The number of aryl methyl sites for hydroxylation is 1. The fourth-order valence-corrected chi connectivity index (χ4v) is 5.21. The monoisotopic (exact) mass is 349 g/mol. The maximum Gasteiger partial charge on any atom is 0.0323 e. The molecule has 3 rings (SSSR count). The van der Waals surface area contributed by atoms with Crippen LogP contribution in [-0.4, -0.2) is 6.54 Å². The molecular formula is C19H28BrN. The van der Waals surface area contributed by atoms with E-state index in [-0.39, 0.29) is 0 Å². The first-order valence-electron chi connectivity index (χ1n) is 8.66. The van der Waals surface area contributed by atoms with E-state index in [1.165, 1.54) is 54.1 Å². The molecule has 2 aliphatic carbocycles. The van der Waals surface area contributed by atoms with Crippen LogP contribution in [0.4, 0.5) is 0 Å². The van der Waals surface area contributed by atoms with E-state index in [1.54, 1.807) is 0 Å². The van der Waals surface area contributed by atoms with E-state index < -0.39 is 0 Å². The molecule has 0 aliphatic heterocycles. The summed E-state index contributed by atoms with van der Waals surface area (Å²) in [6, 6.07) is 7.42. The summed E-state index contributed by atoms with van der Waals surface area (Å²) in [6.07, 6.45) is 8.54. The molecule has 4 unspecified atom stereocenters. The Morgan fingerprint density at radius 2 is 2.10 bits per heavy atom. The van der Waals surface area contributed by atoms with Crippen molar-refractivity contribution in [1.29, 1.82) is 0 Å². The molecule has 2 fully saturated rings. The van der Waals surface area contributed by atoms with Gasteiger partial charge in [0.15, 0.2) is 0 Å². The zero-order chi connectivity index (χ0) is 14.8. The van der Waals surface area contributed by atoms with Crippen LogP contribution in [0.1, 0.15) is 62.6 Å². The molecule has 0 amide bonds. The summed E-state index contributed by atoms with van der Waals surface area (Å²) in [5.74, 6) is 3.03. The SMILES string of the molecule is CCCNC(CC1CC2CCC1C2)c1cc(C)cc(Br)c1. The molecule has 0 saturated heterocycles. The van der Waals surface area contributed by atoms with Crippen molar-refractivity contribution < 1.29 is 0 Å². The maximum atomic E-state index is 3.81. The number of hydrogen-bond acceptors (Lipinski definition) is 1. The third-order valence-electron chi connectivity index (χ3n) is 5.53. The van der Waals surface area contributed by atoms with E-state index in [9.17, 15) is 0 Å². The molecule has 1 N–H and O–H groups in total. The zero-order valence-corrected chi connectivity index (χ0v) is 15.0. The summed E-state index contributed by atoms with van der Waals surface area (Å²) in [5, 5.41) is 3.81. The lowest BCUT2D eigenvalue weighted by Gasteiger charge is -2.28. The van der Waals surface area contributed by atoms with Crippen LogP contribution in [0.3, 0.4) is 0 Å². The van der Waals surface area contributed by atoms with Crippen LogP contribution in [0, 0.1) is 24.7 Å². The first-order chi connectivity index (χ1) is 10.2. The highest BCUT2D eigenvalue weighted by Gasteiger charge is 2.40. The summed E-state index contributed by atoms with van der Waals surface area (Å²) < 4.78 is 1.22. The van der Waals surface area contributed by atoms with Crippen LogP contribution in [0.25, 0.3) is 0 Å². The highest BCUT2D eigenvalue weighted by molar-refractivity contribution is 9.10. The molecule has 4 atom stereocenters. The van der Waals surface area contributed by atoms with Crippen LogP contribution in [0.5, 0.6) is 0 Å². The van der Waals surface area contributed by atoms with Gasteiger partial charge in [-0.2, -0.15) is 0 Å². The van der Waals surface area contributed by atoms with E-state index in [0.29, 0.717) is 6.04 Å². The van der Waals surface area contributed by atoms with E-state index in [0.717, 1.165) is 24.3 Å². The number of halogens is 1. The fraction of sp³-hybridized carbons (Fsp3) is 0.684. The first kappa shape index (κ1) is 15.6. The topological polar surface area (TPSA) is 12.0 Å². The molecule has 0 radical (unpaired) electrons. The standard InChI is InChI=1S/C19H28BrN/c1-3-6-21-19(17-7-13(2)8-18(20)11-17)12-16-10-14-4-5-15(16)9-14/h7-8,11,14-16,19,21H,3-6,9-10,12H2,1-2H3. The molecule has 116 valence electrons. The molecular weight excluding hydrogens is 322 g/mol. The number of nitrogens with one attached hydrogen (secondary N) is 1. The van der Waals surface area contributed by atoms with Crippen molar-refractivity contribution >= 4 is 15.9 Å². The summed E-state index contributed by atoms with van der Waals surface area (Å²) >= 11 is 3.67. The third kappa shape index (κ3) is 3.71. The molecule has 1 aromatic carbocycles. The van der Waals surface area contributed by atoms with E-state index in [4.69, 9.17) is 0 Å². The second-order valence-electron chi connectivity index (χ2n) is 7.24. The molecule has 0 aromatic heterocycles. The van der Waals surface area contributed by atoms with Gasteiger partial charge < -0.3 is 5.32 Å². The second kappa shape index (κ2) is 6.83. The van der Waals surface area contributed by atoms with Crippen molar-refractivity contribution in [2.45, 2.75) is 58.4 Å². The highest BCUT2D eigenvalue weighted by Crippen LogP contribution is 2.51. The van der Waals surface area contributed by atoms with Crippen molar-refractivity contribution in [3.63, 3.8) is 0 Å². The Balaban J connectivity index is 1.73. The predicted octanol–water partition coefficient (Wildman–Crippen LogP) is 5.62. The number of rotatable bonds is 6. The molecule has 21 heavy (non-hydrogen) atoms. The molecule has 0 spiro atoms. The number of benzene rings is 1. The molecule has 0 heterocycles. The Bertz CT molecular complexity index is 464. The molecule has 1 nitrogen and oxygen atoms in total. The normalized spacial score (nSPS) is 29.0. The largest absolute Gasteiger partial charge is 0.310 e. The van der Waals surface area contributed by atoms with Crippen LogP contribution in [0.15, 0.2) is 22.7 Å². The van der Waals surface area contributed by atoms with Gasteiger partial charge in [0.2, 0.25) is 0 Å². The molecule has 2 bridgehead atoms. The van der Waals surface area contributed by atoms with Gasteiger partial charge in [0.25, 0.3) is 0 Å².